The Bertz CT molecular complexity index is 598. The normalized spacial score (nSPS) is 12.1. The summed E-state index contributed by atoms with van der Waals surface area (Å²) >= 11 is 1.15. The molecule has 20 heavy (non-hydrogen) atoms. The van der Waals surface area contributed by atoms with Crippen LogP contribution in [-0.4, -0.2) is 12.0 Å². The van der Waals surface area contributed by atoms with Crippen molar-refractivity contribution in [3.63, 3.8) is 0 Å². The van der Waals surface area contributed by atoms with E-state index >= 15 is 0 Å². The first-order valence-corrected chi connectivity index (χ1v) is 7.08. The van der Waals surface area contributed by atoms with Gasteiger partial charge in [-0.05, 0) is 18.6 Å². The number of benzene rings is 1. The van der Waals surface area contributed by atoms with Crippen LogP contribution in [0.5, 0.6) is 5.75 Å². The molecule has 0 amide bonds. The minimum absolute atomic E-state index is 0.102. The van der Waals surface area contributed by atoms with Gasteiger partial charge in [0.2, 0.25) is 0 Å². The molecule has 0 unspecified atom stereocenters. The maximum atomic E-state index is 10.6. The predicted octanol–water partition coefficient (Wildman–Crippen LogP) is 3.52. The van der Waals surface area contributed by atoms with Crippen LogP contribution in [0.3, 0.4) is 0 Å². The summed E-state index contributed by atoms with van der Waals surface area (Å²) in [6.07, 6.45) is 0. The summed E-state index contributed by atoms with van der Waals surface area (Å²) in [7, 11) is 1.65. The molecule has 1 N–H and O–H groups in total. The number of nitrogens with one attached hydrogen (secondary N) is 1. The summed E-state index contributed by atoms with van der Waals surface area (Å²) in [6.45, 7) is 2.63. The van der Waals surface area contributed by atoms with Crippen LogP contribution in [-0.2, 0) is 6.54 Å². The predicted molar refractivity (Wildman–Crippen MR) is 79.2 cm³/mol. The Kier molecular flexibility index (Phi) is 4.70. The second kappa shape index (κ2) is 6.49. The Labute approximate surface area is 121 Å². The SMILES string of the molecule is COc1ccccc1[C@H](C)NCc1csc([N+](=O)[O-])c1. The molecule has 0 radical (unpaired) electrons. The van der Waals surface area contributed by atoms with Crippen molar-refractivity contribution < 1.29 is 9.66 Å². The third kappa shape index (κ3) is 3.34. The molecular weight excluding hydrogens is 276 g/mol. The molecule has 1 atom stereocenters. The van der Waals surface area contributed by atoms with Gasteiger partial charge in [-0.2, -0.15) is 0 Å². The maximum Gasteiger partial charge on any atom is 0.324 e. The standard InChI is InChI=1S/C14H16N2O3S/c1-10(12-5-3-4-6-13(12)19-2)15-8-11-7-14(16(17)18)20-9-11/h3-7,9-10,15H,8H2,1-2H3/t10-/m0/s1. The first kappa shape index (κ1) is 14.5. The fraction of sp³-hybridized carbons (Fsp3) is 0.286. The van der Waals surface area contributed by atoms with Gasteiger partial charge in [-0.3, -0.25) is 10.1 Å². The summed E-state index contributed by atoms with van der Waals surface area (Å²) in [5, 5.41) is 16.0. The van der Waals surface area contributed by atoms with Crippen LogP contribution < -0.4 is 10.1 Å². The van der Waals surface area contributed by atoms with Gasteiger partial charge >= 0.3 is 5.00 Å². The minimum atomic E-state index is -0.363. The third-order valence-electron chi connectivity index (χ3n) is 3.04. The molecule has 1 aromatic heterocycles. The summed E-state index contributed by atoms with van der Waals surface area (Å²) in [5.41, 5.74) is 1.99. The number of thiophene rings is 1. The second-order valence-electron chi connectivity index (χ2n) is 4.39. The van der Waals surface area contributed by atoms with E-state index in [1.54, 1.807) is 18.6 Å². The largest absolute Gasteiger partial charge is 0.496 e. The van der Waals surface area contributed by atoms with E-state index in [0.717, 1.165) is 28.2 Å². The van der Waals surface area contributed by atoms with E-state index in [1.807, 2.05) is 31.2 Å². The third-order valence-corrected chi connectivity index (χ3v) is 3.97. The van der Waals surface area contributed by atoms with Gasteiger partial charge in [0.25, 0.3) is 0 Å². The lowest BCUT2D eigenvalue weighted by molar-refractivity contribution is -0.380. The Balaban J connectivity index is 2.00. The van der Waals surface area contributed by atoms with Crippen LogP contribution in [0, 0.1) is 10.1 Å². The summed E-state index contributed by atoms with van der Waals surface area (Å²) in [4.78, 5) is 10.3. The van der Waals surface area contributed by atoms with E-state index in [0.29, 0.717) is 6.54 Å². The highest BCUT2D eigenvalue weighted by atomic mass is 32.1. The van der Waals surface area contributed by atoms with E-state index < -0.39 is 0 Å². The van der Waals surface area contributed by atoms with Gasteiger partial charge in [-0.1, -0.05) is 29.5 Å². The number of hydrogen-bond donors (Lipinski definition) is 1. The highest BCUT2D eigenvalue weighted by molar-refractivity contribution is 7.13. The smallest absolute Gasteiger partial charge is 0.324 e. The Hall–Kier alpha value is -1.92. The first-order valence-electron chi connectivity index (χ1n) is 6.20. The molecule has 5 nitrogen and oxygen atoms in total. The van der Waals surface area contributed by atoms with Crippen molar-refractivity contribution in [2.45, 2.75) is 19.5 Å². The zero-order valence-corrected chi connectivity index (χ0v) is 12.1. The Morgan fingerprint density at radius 1 is 1.45 bits per heavy atom. The number of hydrogen-bond acceptors (Lipinski definition) is 5. The monoisotopic (exact) mass is 292 g/mol. The molecule has 1 aromatic carbocycles. The first-order chi connectivity index (χ1) is 9.61. The van der Waals surface area contributed by atoms with Crippen LogP contribution in [0.25, 0.3) is 0 Å². The molecule has 0 aliphatic rings. The highest BCUT2D eigenvalue weighted by Gasteiger charge is 2.13. The van der Waals surface area contributed by atoms with E-state index in [2.05, 4.69) is 5.32 Å². The minimum Gasteiger partial charge on any atom is -0.496 e. The number of nitro groups is 1. The van der Waals surface area contributed by atoms with Crippen LogP contribution >= 0.6 is 11.3 Å². The fourth-order valence-electron chi connectivity index (χ4n) is 1.96. The topological polar surface area (TPSA) is 64.4 Å². The van der Waals surface area contributed by atoms with Gasteiger partial charge in [0.1, 0.15) is 5.75 Å². The van der Waals surface area contributed by atoms with E-state index in [-0.39, 0.29) is 16.0 Å². The molecule has 0 saturated carbocycles. The van der Waals surface area contributed by atoms with E-state index in [1.165, 1.54) is 0 Å². The van der Waals surface area contributed by atoms with Gasteiger partial charge in [-0.25, -0.2) is 0 Å². The molecule has 0 fully saturated rings. The Morgan fingerprint density at radius 2 is 2.20 bits per heavy atom. The molecule has 0 saturated heterocycles. The molecule has 0 spiro atoms. The summed E-state index contributed by atoms with van der Waals surface area (Å²) < 4.78 is 5.33. The zero-order chi connectivity index (χ0) is 14.5. The molecule has 1 heterocycles. The van der Waals surface area contributed by atoms with Gasteiger partial charge in [0, 0.05) is 29.6 Å². The van der Waals surface area contributed by atoms with Gasteiger partial charge in [0.05, 0.1) is 12.0 Å². The fourth-order valence-corrected chi connectivity index (χ4v) is 2.69. The van der Waals surface area contributed by atoms with Crippen molar-refractivity contribution in [2.75, 3.05) is 7.11 Å². The lowest BCUT2D eigenvalue weighted by Gasteiger charge is -2.16. The molecule has 0 aliphatic heterocycles. The van der Waals surface area contributed by atoms with E-state index in [9.17, 15) is 10.1 Å². The van der Waals surface area contributed by atoms with Crippen molar-refractivity contribution >= 4 is 16.3 Å². The van der Waals surface area contributed by atoms with Crippen molar-refractivity contribution in [3.05, 3.63) is 57.0 Å². The molecular formula is C14H16N2O3S. The van der Waals surface area contributed by atoms with Crippen molar-refractivity contribution in [2.24, 2.45) is 0 Å². The van der Waals surface area contributed by atoms with Gasteiger partial charge < -0.3 is 10.1 Å². The quantitative estimate of drug-likeness (QED) is 0.653. The second-order valence-corrected chi connectivity index (χ2v) is 5.28. The number of methoxy groups -OCH3 is 1. The van der Waals surface area contributed by atoms with Crippen LogP contribution in [0.1, 0.15) is 24.1 Å². The van der Waals surface area contributed by atoms with Crippen molar-refractivity contribution in [1.82, 2.24) is 5.32 Å². The number of ether oxygens (including phenoxy) is 1. The molecule has 0 aliphatic carbocycles. The molecule has 0 bridgehead atoms. The summed E-state index contributed by atoms with van der Waals surface area (Å²) in [5.74, 6) is 0.837. The lowest BCUT2D eigenvalue weighted by Crippen LogP contribution is -2.18. The summed E-state index contributed by atoms with van der Waals surface area (Å²) in [6, 6.07) is 9.52. The molecule has 2 rings (SSSR count). The molecule has 2 aromatic rings. The zero-order valence-electron chi connectivity index (χ0n) is 11.3. The lowest BCUT2D eigenvalue weighted by atomic mass is 10.1. The van der Waals surface area contributed by atoms with Crippen LogP contribution in [0.15, 0.2) is 35.7 Å². The average Bonchev–Trinajstić information content (AvgIpc) is 2.94. The maximum absolute atomic E-state index is 10.6. The highest BCUT2D eigenvalue weighted by Crippen LogP contribution is 2.26. The number of rotatable bonds is 6. The van der Waals surface area contributed by atoms with Gasteiger partial charge in [-0.15, -0.1) is 0 Å². The van der Waals surface area contributed by atoms with Crippen molar-refractivity contribution in [1.29, 1.82) is 0 Å². The Morgan fingerprint density at radius 3 is 2.85 bits per heavy atom. The van der Waals surface area contributed by atoms with Crippen LogP contribution in [0.2, 0.25) is 0 Å². The average molecular weight is 292 g/mol. The van der Waals surface area contributed by atoms with Crippen molar-refractivity contribution in [3.8, 4) is 5.75 Å². The van der Waals surface area contributed by atoms with Crippen LogP contribution in [0.4, 0.5) is 5.00 Å². The van der Waals surface area contributed by atoms with Gasteiger partial charge in [0.15, 0.2) is 0 Å². The number of para-hydroxylation sites is 1. The molecule has 6 heteroatoms. The number of nitrogens with zero attached hydrogens (tertiary/aromatic N) is 1. The van der Waals surface area contributed by atoms with E-state index in [4.69, 9.17) is 4.74 Å². The molecule has 106 valence electrons.